The standard InChI is InChI=1S/C19H28N2O6/c1-3-27-19(24)15-5-4-8-21(13-15)17(22)6-9-20(10-12-25-2)18(23)16-7-11-26-14-16/h7,11,14-15H,3-6,8-10,12-13H2,1-2H3. The molecule has 2 rings (SSSR count). The molecule has 150 valence electrons. The van der Waals surface area contributed by atoms with Crippen LogP contribution in [0.25, 0.3) is 0 Å². The normalized spacial score (nSPS) is 16.8. The fourth-order valence-corrected chi connectivity index (χ4v) is 3.13. The predicted octanol–water partition coefficient (Wildman–Crippen LogP) is 1.56. The summed E-state index contributed by atoms with van der Waals surface area (Å²) in [5.41, 5.74) is 0.443. The lowest BCUT2D eigenvalue weighted by Crippen LogP contribution is -2.44. The van der Waals surface area contributed by atoms with Crippen molar-refractivity contribution in [2.75, 3.05) is 46.5 Å². The van der Waals surface area contributed by atoms with E-state index in [1.807, 2.05) is 0 Å². The molecule has 1 unspecified atom stereocenters. The molecule has 1 aromatic heterocycles. The molecular formula is C19H28N2O6. The molecule has 2 amide bonds. The van der Waals surface area contributed by atoms with Crippen molar-refractivity contribution in [2.45, 2.75) is 26.2 Å². The van der Waals surface area contributed by atoms with Gasteiger partial charge in [0.05, 0.1) is 31.0 Å². The van der Waals surface area contributed by atoms with Crippen LogP contribution in [0.1, 0.15) is 36.5 Å². The molecule has 0 radical (unpaired) electrons. The summed E-state index contributed by atoms with van der Waals surface area (Å²) in [4.78, 5) is 40.3. The first-order valence-electron chi connectivity index (χ1n) is 9.31. The van der Waals surface area contributed by atoms with Crippen molar-refractivity contribution in [3.63, 3.8) is 0 Å². The number of nitrogens with zero attached hydrogens (tertiary/aromatic N) is 2. The molecular weight excluding hydrogens is 352 g/mol. The number of methoxy groups -OCH3 is 1. The van der Waals surface area contributed by atoms with Gasteiger partial charge in [-0.15, -0.1) is 0 Å². The van der Waals surface area contributed by atoms with Crippen LogP contribution in [0.4, 0.5) is 0 Å². The van der Waals surface area contributed by atoms with Crippen LogP contribution in [0, 0.1) is 5.92 Å². The molecule has 8 nitrogen and oxygen atoms in total. The number of furan rings is 1. The van der Waals surface area contributed by atoms with Crippen molar-refractivity contribution in [2.24, 2.45) is 5.92 Å². The number of likely N-dealkylation sites (tertiary alicyclic amines) is 1. The van der Waals surface area contributed by atoms with Gasteiger partial charge in [-0.2, -0.15) is 0 Å². The predicted molar refractivity (Wildman–Crippen MR) is 97.0 cm³/mol. The monoisotopic (exact) mass is 380 g/mol. The molecule has 0 spiro atoms. The summed E-state index contributed by atoms with van der Waals surface area (Å²) in [6.45, 7) is 4.18. The Morgan fingerprint density at radius 2 is 2.15 bits per heavy atom. The number of ether oxygens (including phenoxy) is 2. The van der Waals surface area contributed by atoms with E-state index in [-0.39, 0.29) is 36.7 Å². The number of hydrogen-bond acceptors (Lipinski definition) is 6. The van der Waals surface area contributed by atoms with E-state index < -0.39 is 0 Å². The summed E-state index contributed by atoms with van der Waals surface area (Å²) in [5.74, 6) is -0.769. The Morgan fingerprint density at radius 1 is 1.33 bits per heavy atom. The van der Waals surface area contributed by atoms with Crippen LogP contribution in [0.3, 0.4) is 0 Å². The zero-order valence-electron chi connectivity index (χ0n) is 16.0. The first kappa shape index (κ1) is 21.0. The Bertz CT molecular complexity index is 616. The maximum Gasteiger partial charge on any atom is 0.310 e. The maximum atomic E-state index is 12.6. The molecule has 2 heterocycles. The minimum Gasteiger partial charge on any atom is -0.472 e. The van der Waals surface area contributed by atoms with Gasteiger partial charge >= 0.3 is 5.97 Å². The fraction of sp³-hybridized carbons (Fsp3) is 0.632. The summed E-state index contributed by atoms with van der Waals surface area (Å²) in [6, 6.07) is 1.60. The summed E-state index contributed by atoms with van der Waals surface area (Å²) < 4.78 is 15.1. The number of piperidine rings is 1. The molecule has 0 aromatic carbocycles. The third kappa shape index (κ3) is 6.09. The van der Waals surface area contributed by atoms with Crippen molar-refractivity contribution >= 4 is 17.8 Å². The van der Waals surface area contributed by atoms with E-state index in [1.54, 1.807) is 29.9 Å². The van der Waals surface area contributed by atoms with E-state index >= 15 is 0 Å². The number of rotatable bonds is 9. The lowest BCUT2D eigenvalue weighted by atomic mass is 9.98. The second-order valence-corrected chi connectivity index (χ2v) is 6.48. The number of hydrogen-bond donors (Lipinski definition) is 0. The van der Waals surface area contributed by atoms with Crippen molar-refractivity contribution in [3.05, 3.63) is 24.2 Å². The second kappa shape index (κ2) is 10.7. The van der Waals surface area contributed by atoms with Gasteiger partial charge in [-0.25, -0.2) is 0 Å². The van der Waals surface area contributed by atoms with Gasteiger partial charge in [0.25, 0.3) is 5.91 Å². The first-order chi connectivity index (χ1) is 13.1. The molecule has 0 saturated carbocycles. The van der Waals surface area contributed by atoms with Crippen LogP contribution in [0.5, 0.6) is 0 Å². The van der Waals surface area contributed by atoms with Gasteiger partial charge < -0.3 is 23.7 Å². The van der Waals surface area contributed by atoms with Gasteiger partial charge in [0.1, 0.15) is 6.26 Å². The largest absolute Gasteiger partial charge is 0.472 e. The zero-order valence-corrected chi connectivity index (χ0v) is 16.0. The maximum absolute atomic E-state index is 12.6. The van der Waals surface area contributed by atoms with E-state index in [4.69, 9.17) is 13.9 Å². The smallest absolute Gasteiger partial charge is 0.310 e. The van der Waals surface area contributed by atoms with Crippen LogP contribution in [-0.4, -0.2) is 74.1 Å². The van der Waals surface area contributed by atoms with Crippen LogP contribution >= 0.6 is 0 Å². The van der Waals surface area contributed by atoms with E-state index in [0.717, 1.165) is 12.8 Å². The minimum atomic E-state index is -0.264. The van der Waals surface area contributed by atoms with Crippen LogP contribution in [-0.2, 0) is 19.1 Å². The average Bonchev–Trinajstić information content (AvgIpc) is 3.22. The molecule has 0 bridgehead atoms. The van der Waals surface area contributed by atoms with Crippen LogP contribution < -0.4 is 0 Å². The summed E-state index contributed by atoms with van der Waals surface area (Å²) in [7, 11) is 1.56. The van der Waals surface area contributed by atoms with Gasteiger partial charge in [-0.3, -0.25) is 14.4 Å². The van der Waals surface area contributed by atoms with Crippen LogP contribution in [0.2, 0.25) is 0 Å². The second-order valence-electron chi connectivity index (χ2n) is 6.48. The molecule has 1 saturated heterocycles. The average molecular weight is 380 g/mol. The highest BCUT2D eigenvalue weighted by atomic mass is 16.5. The molecule has 8 heteroatoms. The Morgan fingerprint density at radius 3 is 2.81 bits per heavy atom. The van der Waals surface area contributed by atoms with E-state index in [9.17, 15) is 14.4 Å². The van der Waals surface area contributed by atoms with Crippen molar-refractivity contribution in [1.29, 1.82) is 0 Å². The Labute approximate surface area is 159 Å². The molecule has 27 heavy (non-hydrogen) atoms. The molecule has 1 aliphatic rings. The Hall–Kier alpha value is -2.35. The molecule has 1 aromatic rings. The molecule has 0 aliphatic carbocycles. The number of amides is 2. The van der Waals surface area contributed by atoms with E-state index in [2.05, 4.69) is 0 Å². The number of esters is 1. The topological polar surface area (TPSA) is 89.3 Å². The van der Waals surface area contributed by atoms with E-state index in [0.29, 0.717) is 38.4 Å². The van der Waals surface area contributed by atoms with Crippen molar-refractivity contribution in [3.8, 4) is 0 Å². The highest BCUT2D eigenvalue weighted by Crippen LogP contribution is 2.19. The van der Waals surface area contributed by atoms with Gasteiger partial charge in [0.15, 0.2) is 0 Å². The third-order valence-corrected chi connectivity index (χ3v) is 4.61. The highest BCUT2D eigenvalue weighted by molar-refractivity contribution is 5.94. The zero-order chi connectivity index (χ0) is 19.6. The van der Waals surface area contributed by atoms with Gasteiger partial charge in [0, 0.05) is 39.7 Å². The van der Waals surface area contributed by atoms with Crippen molar-refractivity contribution < 1.29 is 28.3 Å². The molecule has 0 N–H and O–H groups in total. The third-order valence-electron chi connectivity index (χ3n) is 4.61. The summed E-state index contributed by atoms with van der Waals surface area (Å²) >= 11 is 0. The fourth-order valence-electron chi connectivity index (χ4n) is 3.13. The minimum absolute atomic E-state index is 0.0635. The van der Waals surface area contributed by atoms with E-state index in [1.165, 1.54) is 12.5 Å². The SMILES string of the molecule is CCOC(=O)C1CCCN(C(=O)CCN(CCOC)C(=O)c2ccoc2)C1. The molecule has 1 atom stereocenters. The lowest BCUT2D eigenvalue weighted by Gasteiger charge is -2.32. The van der Waals surface area contributed by atoms with Crippen molar-refractivity contribution in [1.82, 2.24) is 9.80 Å². The van der Waals surface area contributed by atoms with Gasteiger partial charge in [0.2, 0.25) is 5.91 Å². The summed E-state index contributed by atoms with van der Waals surface area (Å²) in [6.07, 6.45) is 4.54. The van der Waals surface area contributed by atoms with Gasteiger partial charge in [-0.05, 0) is 25.8 Å². The number of carbonyl (C=O) groups is 3. The Kier molecular flexibility index (Phi) is 8.32. The van der Waals surface area contributed by atoms with Crippen LogP contribution in [0.15, 0.2) is 23.0 Å². The first-order valence-corrected chi connectivity index (χ1v) is 9.31. The lowest BCUT2D eigenvalue weighted by molar-refractivity contribution is -0.151. The molecule has 1 fully saturated rings. The number of carbonyl (C=O) groups excluding carboxylic acids is 3. The van der Waals surface area contributed by atoms with Gasteiger partial charge in [-0.1, -0.05) is 0 Å². The Balaban J connectivity index is 1.90. The highest BCUT2D eigenvalue weighted by Gasteiger charge is 2.29. The molecule has 1 aliphatic heterocycles. The summed E-state index contributed by atoms with van der Waals surface area (Å²) in [5, 5.41) is 0. The quantitative estimate of drug-likeness (QED) is 0.604.